The minimum Gasteiger partial charge on any atom is -0.304 e. The van der Waals surface area contributed by atoms with Crippen molar-refractivity contribution in [3.05, 3.63) is 59.7 Å². The number of fused-ring (bicyclic) bond motifs is 2. The van der Waals surface area contributed by atoms with E-state index in [0.29, 0.717) is 5.69 Å². The molecule has 160 valence electrons. The van der Waals surface area contributed by atoms with Crippen molar-refractivity contribution < 1.29 is 8.42 Å². The molecule has 0 saturated carbocycles. The summed E-state index contributed by atoms with van der Waals surface area (Å²) in [5.41, 5.74) is 4.25. The first kappa shape index (κ1) is 21.4. The van der Waals surface area contributed by atoms with Gasteiger partial charge < -0.3 is 9.80 Å². The largest absolute Gasteiger partial charge is 0.304 e. The lowest BCUT2D eigenvalue weighted by atomic mass is 9.95. The number of rotatable bonds is 5. The summed E-state index contributed by atoms with van der Waals surface area (Å²) >= 11 is 1.75. The molecular formula is C23H29N3O2S2. The van der Waals surface area contributed by atoms with Gasteiger partial charge in [-0.3, -0.25) is 4.31 Å². The van der Waals surface area contributed by atoms with Crippen LogP contribution in [-0.2, 0) is 10.0 Å². The fourth-order valence-electron chi connectivity index (χ4n) is 3.93. The zero-order valence-corrected chi connectivity index (χ0v) is 19.5. The molecule has 2 aromatic carbocycles. The van der Waals surface area contributed by atoms with Crippen LogP contribution >= 0.6 is 11.8 Å². The number of hydrogen-bond acceptors (Lipinski definition) is 5. The number of likely N-dealkylation sites (N-methyl/N-ethyl adjacent to an activating group) is 1. The quantitative estimate of drug-likeness (QED) is 0.603. The Balaban J connectivity index is 1.65. The molecule has 2 aliphatic heterocycles. The number of nitrogens with zero attached hydrogens (tertiary/aromatic N) is 3. The van der Waals surface area contributed by atoms with Crippen LogP contribution in [0.1, 0.15) is 17.5 Å². The Morgan fingerprint density at radius 2 is 1.73 bits per heavy atom. The van der Waals surface area contributed by atoms with Crippen LogP contribution in [0.3, 0.4) is 0 Å². The second-order valence-corrected chi connectivity index (χ2v) is 11.2. The molecule has 0 N–H and O–H groups in total. The average Bonchev–Trinajstić information content (AvgIpc) is 2.73. The molecule has 30 heavy (non-hydrogen) atoms. The van der Waals surface area contributed by atoms with Crippen molar-refractivity contribution in [2.75, 3.05) is 57.4 Å². The van der Waals surface area contributed by atoms with Gasteiger partial charge in [-0.25, -0.2) is 8.42 Å². The lowest BCUT2D eigenvalue weighted by Gasteiger charge is -2.32. The molecule has 2 aromatic rings. The van der Waals surface area contributed by atoms with Crippen molar-refractivity contribution in [2.45, 2.75) is 16.2 Å². The number of anilines is 1. The Morgan fingerprint density at radius 3 is 2.47 bits per heavy atom. The molecule has 2 heterocycles. The molecule has 0 aliphatic carbocycles. The second-order valence-electron chi connectivity index (χ2n) is 8.06. The molecule has 2 aliphatic rings. The van der Waals surface area contributed by atoms with Gasteiger partial charge in [0.1, 0.15) is 0 Å². The Kier molecular flexibility index (Phi) is 6.25. The van der Waals surface area contributed by atoms with E-state index in [0.717, 1.165) is 44.7 Å². The molecule has 7 heteroatoms. The first-order valence-corrected chi connectivity index (χ1v) is 13.0. The van der Waals surface area contributed by atoms with E-state index < -0.39 is 10.0 Å². The van der Waals surface area contributed by atoms with Gasteiger partial charge in [0.25, 0.3) is 0 Å². The van der Waals surface area contributed by atoms with E-state index in [9.17, 15) is 8.42 Å². The van der Waals surface area contributed by atoms with Crippen molar-refractivity contribution >= 4 is 33.0 Å². The fraction of sp³-hybridized carbons (Fsp3) is 0.391. The SMILES string of the molecule is CN1CCN(CC/C=C2\c3ccccc3Sc3ccc(N(C)S(C)(=O)=O)cc32)CC1. The number of hydrogen-bond donors (Lipinski definition) is 0. The molecule has 5 nitrogen and oxygen atoms in total. The summed E-state index contributed by atoms with van der Waals surface area (Å²) in [6, 6.07) is 14.4. The zero-order chi connectivity index (χ0) is 21.3. The standard InChI is InChI=1S/C23H29N3O2S2/c1-24-13-15-26(16-14-24)12-6-8-19-20-7-4-5-9-22(20)29-23-11-10-18(17-21(19)23)25(2)30(3,27)28/h4-5,7-11,17H,6,12-16H2,1-3H3/b19-8+. The van der Waals surface area contributed by atoms with Crippen molar-refractivity contribution in [2.24, 2.45) is 0 Å². The lowest BCUT2D eigenvalue weighted by Crippen LogP contribution is -2.44. The molecule has 0 spiro atoms. The highest BCUT2D eigenvalue weighted by molar-refractivity contribution is 7.99. The summed E-state index contributed by atoms with van der Waals surface area (Å²) in [4.78, 5) is 7.32. The smallest absolute Gasteiger partial charge is 0.231 e. The minimum absolute atomic E-state index is 0.696. The molecule has 0 aromatic heterocycles. The summed E-state index contributed by atoms with van der Waals surface area (Å²) in [5.74, 6) is 0. The predicted molar refractivity (Wildman–Crippen MR) is 126 cm³/mol. The topological polar surface area (TPSA) is 43.9 Å². The summed E-state index contributed by atoms with van der Waals surface area (Å²) < 4.78 is 25.4. The molecular weight excluding hydrogens is 414 g/mol. The van der Waals surface area contributed by atoms with Gasteiger partial charge in [0.15, 0.2) is 0 Å². The van der Waals surface area contributed by atoms with Gasteiger partial charge in [0, 0.05) is 49.6 Å². The van der Waals surface area contributed by atoms with E-state index >= 15 is 0 Å². The van der Waals surface area contributed by atoms with Crippen LogP contribution < -0.4 is 4.31 Å². The third kappa shape index (κ3) is 4.59. The van der Waals surface area contributed by atoms with Crippen LogP contribution in [0.25, 0.3) is 5.57 Å². The summed E-state index contributed by atoms with van der Waals surface area (Å²) in [7, 11) is 0.487. The fourth-order valence-corrected chi connectivity index (χ4v) is 5.51. The number of sulfonamides is 1. The second kappa shape index (κ2) is 8.75. The van der Waals surface area contributed by atoms with Crippen LogP contribution in [0.2, 0.25) is 0 Å². The number of piperazine rings is 1. The van der Waals surface area contributed by atoms with Crippen molar-refractivity contribution in [3.63, 3.8) is 0 Å². The third-order valence-electron chi connectivity index (χ3n) is 5.90. The Labute approximate surface area is 184 Å². The maximum Gasteiger partial charge on any atom is 0.231 e. The van der Waals surface area contributed by atoms with Crippen molar-refractivity contribution in [1.82, 2.24) is 9.80 Å². The first-order chi connectivity index (χ1) is 14.3. The van der Waals surface area contributed by atoms with Crippen LogP contribution in [0.15, 0.2) is 58.3 Å². The molecule has 1 fully saturated rings. The van der Waals surface area contributed by atoms with E-state index in [1.165, 1.54) is 31.5 Å². The van der Waals surface area contributed by atoms with Crippen molar-refractivity contribution in [1.29, 1.82) is 0 Å². The molecule has 0 radical (unpaired) electrons. The molecule has 1 saturated heterocycles. The summed E-state index contributed by atoms with van der Waals surface area (Å²) in [5, 5.41) is 0. The first-order valence-electron chi connectivity index (χ1n) is 10.3. The van der Waals surface area contributed by atoms with Gasteiger partial charge in [-0.1, -0.05) is 36.0 Å². The number of benzene rings is 2. The van der Waals surface area contributed by atoms with E-state index in [1.807, 2.05) is 18.2 Å². The van der Waals surface area contributed by atoms with Gasteiger partial charge in [-0.15, -0.1) is 0 Å². The van der Waals surface area contributed by atoms with Gasteiger partial charge in [0.05, 0.1) is 11.9 Å². The monoisotopic (exact) mass is 443 g/mol. The van der Waals surface area contributed by atoms with E-state index in [4.69, 9.17) is 0 Å². The molecule has 0 amide bonds. The minimum atomic E-state index is -3.30. The molecule has 0 bridgehead atoms. The van der Waals surface area contributed by atoms with Gasteiger partial charge in [0.2, 0.25) is 10.0 Å². The molecule has 4 rings (SSSR count). The van der Waals surface area contributed by atoms with E-state index in [-0.39, 0.29) is 0 Å². The molecule has 0 unspecified atom stereocenters. The van der Waals surface area contributed by atoms with Gasteiger partial charge in [-0.05, 0) is 54.4 Å². The highest BCUT2D eigenvalue weighted by Gasteiger charge is 2.23. The summed E-state index contributed by atoms with van der Waals surface area (Å²) in [6.07, 6.45) is 4.55. The van der Waals surface area contributed by atoms with Crippen LogP contribution in [0, 0.1) is 0 Å². The maximum absolute atomic E-state index is 12.0. The van der Waals surface area contributed by atoms with Crippen LogP contribution in [-0.4, -0.2) is 71.3 Å². The predicted octanol–water partition coefficient (Wildman–Crippen LogP) is 3.62. The zero-order valence-electron chi connectivity index (χ0n) is 17.8. The van der Waals surface area contributed by atoms with Crippen molar-refractivity contribution in [3.8, 4) is 0 Å². The van der Waals surface area contributed by atoms with Crippen LogP contribution in [0.4, 0.5) is 5.69 Å². The van der Waals surface area contributed by atoms with E-state index in [1.54, 1.807) is 18.8 Å². The van der Waals surface area contributed by atoms with Gasteiger partial charge in [-0.2, -0.15) is 0 Å². The van der Waals surface area contributed by atoms with Gasteiger partial charge >= 0.3 is 0 Å². The normalized spacial score (nSPS) is 18.8. The Bertz CT molecular complexity index is 1060. The Morgan fingerprint density at radius 1 is 1.03 bits per heavy atom. The highest BCUT2D eigenvalue weighted by Crippen LogP contribution is 2.46. The Hall–Kier alpha value is -1.80. The average molecular weight is 444 g/mol. The highest BCUT2D eigenvalue weighted by atomic mass is 32.2. The van der Waals surface area contributed by atoms with E-state index in [2.05, 4.69) is 47.2 Å². The molecule has 0 atom stereocenters. The van der Waals surface area contributed by atoms with Crippen LogP contribution in [0.5, 0.6) is 0 Å². The lowest BCUT2D eigenvalue weighted by molar-refractivity contribution is 0.156. The maximum atomic E-state index is 12.0. The third-order valence-corrected chi connectivity index (χ3v) is 8.26. The summed E-state index contributed by atoms with van der Waals surface area (Å²) in [6.45, 7) is 5.53.